The van der Waals surface area contributed by atoms with Crippen molar-refractivity contribution in [1.82, 2.24) is 10.2 Å². The zero-order chi connectivity index (χ0) is 13.7. The van der Waals surface area contributed by atoms with Gasteiger partial charge in [-0.25, -0.2) is 0 Å². The molecule has 3 heteroatoms. The van der Waals surface area contributed by atoms with Crippen LogP contribution in [0.15, 0.2) is 18.2 Å². The lowest BCUT2D eigenvalue weighted by molar-refractivity contribution is 0.175. The second-order valence-corrected chi connectivity index (χ2v) is 5.66. The number of ether oxygens (including phenoxy) is 1. The molecule has 1 aliphatic heterocycles. The molecule has 1 unspecified atom stereocenters. The van der Waals surface area contributed by atoms with Gasteiger partial charge in [0.1, 0.15) is 5.75 Å². The fourth-order valence-corrected chi connectivity index (χ4v) is 2.94. The van der Waals surface area contributed by atoms with Gasteiger partial charge in [0.25, 0.3) is 0 Å². The van der Waals surface area contributed by atoms with Crippen LogP contribution in [0.4, 0.5) is 0 Å². The van der Waals surface area contributed by atoms with Crippen molar-refractivity contribution in [2.75, 3.05) is 27.2 Å². The Bertz CT molecular complexity index is 406. The van der Waals surface area contributed by atoms with Gasteiger partial charge in [0.05, 0.1) is 7.11 Å². The van der Waals surface area contributed by atoms with Crippen molar-refractivity contribution in [2.24, 2.45) is 5.92 Å². The van der Waals surface area contributed by atoms with E-state index in [2.05, 4.69) is 35.3 Å². The SMILES string of the molecule is CNCc1ccc(OC)c(CN2CCCC(C)C2)c1. The molecule has 2 rings (SSSR count). The molecule has 1 aliphatic rings. The summed E-state index contributed by atoms with van der Waals surface area (Å²) >= 11 is 0. The number of methoxy groups -OCH3 is 1. The van der Waals surface area contributed by atoms with Gasteiger partial charge >= 0.3 is 0 Å². The second kappa shape index (κ2) is 6.92. The Morgan fingerprint density at radius 3 is 2.95 bits per heavy atom. The molecule has 0 bridgehead atoms. The van der Waals surface area contributed by atoms with Crippen molar-refractivity contribution in [3.8, 4) is 5.75 Å². The third kappa shape index (κ3) is 3.95. The van der Waals surface area contributed by atoms with Gasteiger partial charge in [-0.2, -0.15) is 0 Å². The van der Waals surface area contributed by atoms with E-state index in [0.717, 1.165) is 24.8 Å². The fraction of sp³-hybridized carbons (Fsp3) is 0.625. The van der Waals surface area contributed by atoms with Crippen molar-refractivity contribution < 1.29 is 4.74 Å². The molecule has 19 heavy (non-hydrogen) atoms. The molecule has 106 valence electrons. The first-order chi connectivity index (χ1) is 9.22. The summed E-state index contributed by atoms with van der Waals surface area (Å²) in [7, 11) is 3.74. The molecule has 1 aromatic rings. The van der Waals surface area contributed by atoms with Crippen LogP contribution in [0.3, 0.4) is 0 Å². The average Bonchev–Trinajstić information content (AvgIpc) is 2.39. The Morgan fingerprint density at radius 2 is 2.26 bits per heavy atom. The monoisotopic (exact) mass is 262 g/mol. The number of nitrogens with zero attached hydrogens (tertiary/aromatic N) is 1. The molecule has 1 aromatic carbocycles. The number of hydrogen-bond donors (Lipinski definition) is 1. The van der Waals surface area contributed by atoms with E-state index in [1.165, 1.54) is 37.1 Å². The molecular formula is C16H26N2O. The summed E-state index contributed by atoms with van der Waals surface area (Å²) in [6.45, 7) is 6.68. The third-order valence-electron chi connectivity index (χ3n) is 3.86. The first-order valence-corrected chi connectivity index (χ1v) is 7.25. The summed E-state index contributed by atoms with van der Waals surface area (Å²) in [6.07, 6.45) is 2.69. The van der Waals surface area contributed by atoms with Crippen molar-refractivity contribution >= 4 is 0 Å². The van der Waals surface area contributed by atoms with Crippen LogP contribution in [0.25, 0.3) is 0 Å². The van der Waals surface area contributed by atoms with Gasteiger partial charge in [-0.3, -0.25) is 4.90 Å². The largest absolute Gasteiger partial charge is 0.496 e. The highest BCUT2D eigenvalue weighted by Crippen LogP contribution is 2.24. The van der Waals surface area contributed by atoms with E-state index in [-0.39, 0.29) is 0 Å². The molecule has 0 amide bonds. The molecule has 1 heterocycles. The fourth-order valence-electron chi connectivity index (χ4n) is 2.94. The zero-order valence-electron chi connectivity index (χ0n) is 12.4. The summed E-state index contributed by atoms with van der Waals surface area (Å²) in [5.74, 6) is 1.83. The molecule has 1 fully saturated rings. The van der Waals surface area contributed by atoms with Gasteiger partial charge < -0.3 is 10.1 Å². The van der Waals surface area contributed by atoms with E-state index >= 15 is 0 Å². The molecule has 0 aliphatic carbocycles. The van der Waals surface area contributed by atoms with Crippen LogP contribution in [0, 0.1) is 5.92 Å². The highest BCUT2D eigenvalue weighted by Gasteiger charge is 2.17. The van der Waals surface area contributed by atoms with Crippen molar-refractivity contribution in [2.45, 2.75) is 32.9 Å². The van der Waals surface area contributed by atoms with Gasteiger partial charge in [-0.15, -0.1) is 0 Å². The average molecular weight is 262 g/mol. The molecule has 0 aromatic heterocycles. The molecule has 3 nitrogen and oxygen atoms in total. The maximum atomic E-state index is 5.50. The second-order valence-electron chi connectivity index (χ2n) is 5.66. The number of nitrogens with one attached hydrogen (secondary N) is 1. The smallest absolute Gasteiger partial charge is 0.123 e. The lowest BCUT2D eigenvalue weighted by atomic mass is 9.99. The van der Waals surface area contributed by atoms with Gasteiger partial charge in [0.2, 0.25) is 0 Å². The third-order valence-corrected chi connectivity index (χ3v) is 3.86. The summed E-state index contributed by atoms with van der Waals surface area (Å²) in [5, 5.41) is 3.20. The topological polar surface area (TPSA) is 24.5 Å². The van der Waals surface area contributed by atoms with Crippen LogP contribution >= 0.6 is 0 Å². The predicted molar refractivity (Wildman–Crippen MR) is 79.4 cm³/mol. The van der Waals surface area contributed by atoms with Gasteiger partial charge in [-0.1, -0.05) is 13.0 Å². The number of hydrogen-bond acceptors (Lipinski definition) is 3. The zero-order valence-corrected chi connectivity index (χ0v) is 12.4. The molecule has 0 radical (unpaired) electrons. The molecule has 0 spiro atoms. The maximum Gasteiger partial charge on any atom is 0.123 e. The molecule has 1 atom stereocenters. The van der Waals surface area contributed by atoms with E-state index in [1.54, 1.807) is 7.11 Å². The summed E-state index contributed by atoms with van der Waals surface area (Å²) in [4.78, 5) is 2.55. The van der Waals surface area contributed by atoms with Crippen molar-refractivity contribution in [3.63, 3.8) is 0 Å². The Kier molecular flexibility index (Phi) is 5.23. The predicted octanol–water partition coefficient (Wildman–Crippen LogP) is 2.65. The van der Waals surface area contributed by atoms with Gasteiger partial charge in [-0.05, 0) is 50.0 Å². The molecule has 1 N–H and O–H groups in total. The summed E-state index contributed by atoms with van der Waals surface area (Å²) in [6, 6.07) is 6.50. The van der Waals surface area contributed by atoms with E-state index in [9.17, 15) is 0 Å². The van der Waals surface area contributed by atoms with Crippen molar-refractivity contribution in [3.05, 3.63) is 29.3 Å². The number of piperidine rings is 1. The number of rotatable bonds is 5. The summed E-state index contributed by atoms with van der Waals surface area (Å²) in [5.41, 5.74) is 2.63. The highest BCUT2D eigenvalue weighted by atomic mass is 16.5. The first-order valence-electron chi connectivity index (χ1n) is 7.25. The Balaban J connectivity index is 2.10. The quantitative estimate of drug-likeness (QED) is 0.883. The van der Waals surface area contributed by atoms with Crippen LogP contribution in [-0.4, -0.2) is 32.1 Å². The lowest BCUT2D eigenvalue weighted by Crippen LogP contribution is -2.33. The van der Waals surface area contributed by atoms with E-state index in [1.807, 2.05) is 7.05 Å². The normalized spacial score (nSPS) is 20.5. The van der Waals surface area contributed by atoms with Crippen LogP contribution < -0.4 is 10.1 Å². The Morgan fingerprint density at radius 1 is 1.42 bits per heavy atom. The molecular weight excluding hydrogens is 236 g/mol. The Hall–Kier alpha value is -1.06. The number of likely N-dealkylation sites (tertiary alicyclic amines) is 1. The van der Waals surface area contributed by atoms with Crippen LogP contribution in [-0.2, 0) is 13.1 Å². The highest BCUT2D eigenvalue weighted by molar-refractivity contribution is 5.37. The summed E-state index contributed by atoms with van der Waals surface area (Å²) < 4.78 is 5.50. The minimum atomic E-state index is 0.820. The molecule has 0 saturated carbocycles. The Labute approximate surface area is 116 Å². The van der Waals surface area contributed by atoms with Crippen LogP contribution in [0.2, 0.25) is 0 Å². The van der Waals surface area contributed by atoms with E-state index < -0.39 is 0 Å². The van der Waals surface area contributed by atoms with Gasteiger partial charge in [0.15, 0.2) is 0 Å². The maximum absolute atomic E-state index is 5.50. The standard InChI is InChI=1S/C16H26N2O/c1-13-5-4-8-18(11-13)12-15-9-14(10-17-2)6-7-16(15)19-3/h6-7,9,13,17H,4-5,8,10-12H2,1-3H3. The minimum Gasteiger partial charge on any atom is -0.496 e. The van der Waals surface area contributed by atoms with Gasteiger partial charge in [0, 0.05) is 25.2 Å². The van der Waals surface area contributed by atoms with E-state index in [0.29, 0.717) is 0 Å². The lowest BCUT2D eigenvalue weighted by Gasteiger charge is -2.31. The van der Waals surface area contributed by atoms with Crippen molar-refractivity contribution in [1.29, 1.82) is 0 Å². The van der Waals surface area contributed by atoms with Crippen LogP contribution in [0.1, 0.15) is 30.9 Å². The first kappa shape index (κ1) is 14.4. The molecule has 1 saturated heterocycles. The van der Waals surface area contributed by atoms with E-state index in [4.69, 9.17) is 4.74 Å². The van der Waals surface area contributed by atoms with Crippen LogP contribution in [0.5, 0.6) is 5.75 Å². The number of benzene rings is 1. The minimum absolute atomic E-state index is 0.820.